The standard InChI is InChI=1S/C16H20ClN5O3S/c17-13-2-1-3-14(10-13)26(23,24)21-5-4-18-15-11-16(20-12-19-15)22-6-8-25-9-7-22/h1-3,10-12,21H,4-9H2,(H,18,19,20). The third-order valence-corrected chi connectivity index (χ3v) is 5.51. The molecule has 0 saturated carbocycles. The summed E-state index contributed by atoms with van der Waals surface area (Å²) in [5, 5.41) is 3.47. The maximum atomic E-state index is 12.2. The van der Waals surface area contributed by atoms with Crippen molar-refractivity contribution in [2.75, 3.05) is 49.6 Å². The van der Waals surface area contributed by atoms with Crippen LogP contribution in [0.4, 0.5) is 11.6 Å². The van der Waals surface area contributed by atoms with E-state index in [9.17, 15) is 8.42 Å². The molecule has 3 rings (SSSR count). The number of hydrogen-bond acceptors (Lipinski definition) is 7. The Bertz CT molecular complexity index is 843. The van der Waals surface area contributed by atoms with E-state index in [2.05, 4.69) is 24.9 Å². The van der Waals surface area contributed by atoms with Crippen LogP contribution >= 0.6 is 11.6 Å². The normalized spacial score (nSPS) is 15.0. The van der Waals surface area contributed by atoms with Crippen molar-refractivity contribution in [3.8, 4) is 0 Å². The smallest absolute Gasteiger partial charge is 0.240 e. The Morgan fingerprint density at radius 2 is 1.96 bits per heavy atom. The molecule has 1 aliphatic heterocycles. The number of sulfonamides is 1. The van der Waals surface area contributed by atoms with Crippen LogP contribution in [0.25, 0.3) is 0 Å². The zero-order valence-corrected chi connectivity index (χ0v) is 15.6. The number of nitrogens with zero attached hydrogens (tertiary/aromatic N) is 3. The Morgan fingerprint density at radius 3 is 2.73 bits per heavy atom. The molecule has 10 heteroatoms. The highest BCUT2D eigenvalue weighted by Crippen LogP contribution is 2.16. The molecule has 2 heterocycles. The van der Waals surface area contributed by atoms with Crippen molar-refractivity contribution >= 4 is 33.3 Å². The van der Waals surface area contributed by atoms with E-state index in [-0.39, 0.29) is 11.4 Å². The summed E-state index contributed by atoms with van der Waals surface area (Å²) in [4.78, 5) is 10.7. The Labute approximate surface area is 157 Å². The van der Waals surface area contributed by atoms with Crippen LogP contribution in [0.15, 0.2) is 41.6 Å². The van der Waals surface area contributed by atoms with Crippen LogP contribution in [0.5, 0.6) is 0 Å². The lowest BCUT2D eigenvalue weighted by Crippen LogP contribution is -2.36. The predicted molar refractivity (Wildman–Crippen MR) is 100 cm³/mol. The number of benzene rings is 1. The third-order valence-electron chi connectivity index (χ3n) is 3.82. The van der Waals surface area contributed by atoms with E-state index < -0.39 is 10.0 Å². The van der Waals surface area contributed by atoms with Gasteiger partial charge in [0.2, 0.25) is 10.0 Å². The largest absolute Gasteiger partial charge is 0.378 e. The van der Waals surface area contributed by atoms with Crippen LogP contribution in [0.3, 0.4) is 0 Å². The zero-order valence-electron chi connectivity index (χ0n) is 14.1. The van der Waals surface area contributed by atoms with Crippen LogP contribution in [0.2, 0.25) is 5.02 Å². The van der Waals surface area contributed by atoms with Crippen molar-refractivity contribution in [2.24, 2.45) is 0 Å². The van der Waals surface area contributed by atoms with Gasteiger partial charge in [-0.3, -0.25) is 0 Å². The number of nitrogens with one attached hydrogen (secondary N) is 2. The van der Waals surface area contributed by atoms with Gasteiger partial charge in [0.15, 0.2) is 0 Å². The first-order valence-corrected chi connectivity index (χ1v) is 10.0. The molecule has 26 heavy (non-hydrogen) atoms. The number of aromatic nitrogens is 2. The maximum absolute atomic E-state index is 12.2. The van der Waals surface area contributed by atoms with Gasteiger partial charge >= 0.3 is 0 Å². The quantitative estimate of drug-likeness (QED) is 0.681. The minimum absolute atomic E-state index is 0.140. The molecule has 1 fully saturated rings. The molecule has 0 bridgehead atoms. The van der Waals surface area contributed by atoms with Gasteiger partial charge in [-0.1, -0.05) is 17.7 Å². The van der Waals surface area contributed by atoms with E-state index in [1.165, 1.54) is 18.5 Å². The van der Waals surface area contributed by atoms with Crippen LogP contribution in [-0.2, 0) is 14.8 Å². The van der Waals surface area contributed by atoms with Gasteiger partial charge in [0, 0.05) is 37.3 Å². The highest BCUT2D eigenvalue weighted by atomic mass is 35.5. The minimum atomic E-state index is -3.59. The highest BCUT2D eigenvalue weighted by Gasteiger charge is 2.14. The molecule has 8 nitrogen and oxygen atoms in total. The van der Waals surface area contributed by atoms with Gasteiger partial charge in [-0.15, -0.1) is 0 Å². The molecule has 0 amide bonds. The molecule has 1 aromatic carbocycles. The van der Waals surface area contributed by atoms with Gasteiger partial charge in [0.1, 0.15) is 18.0 Å². The second kappa shape index (κ2) is 8.63. The molecular weight excluding hydrogens is 378 g/mol. The third kappa shape index (κ3) is 5.04. The molecule has 0 radical (unpaired) electrons. The first kappa shape index (κ1) is 18.8. The van der Waals surface area contributed by atoms with E-state index in [1.54, 1.807) is 12.1 Å². The summed E-state index contributed by atoms with van der Waals surface area (Å²) in [5.74, 6) is 1.47. The highest BCUT2D eigenvalue weighted by molar-refractivity contribution is 7.89. The number of halogens is 1. The van der Waals surface area contributed by atoms with Crippen molar-refractivity contribution in [2.45, 2.75) is 4.90 Å². The van der Waals surface area contributed by atoms with Crippen molar-refractivity contribution in [3.63, 3.8) is 0 Å². The van der Waals surface area contributed by atoms with Crippen molar-refractivity contribution in [1.82, 2.24) is 14.7 Å². The number of rotatable bonds is 7. The number of hydrogen-bond donors (Lipinski definition) is 2. The van der Waals surface area contributed by atoms with E-state index in [0.717, 1.165) is 18.9 Å². The number of morpholine rings is 1. The molecule has 2 N–H and O–H groups in total. The summed E-state index contributed by atoms with van der Waals surface area (Å²) in [6.07, 6.45) is 1.49. The van der Waals surface area contributed by atoms with Crippen molar-refractivity contribution in [1.29, 1.82) is 0 Å². The second-order valence-corrected chi connectivity index (χ2v) is 7.85. The Kier molecular flexibility index (Phi) is 6.25. The minimum Gasteiger partial charge on any atom is -0.378 e. The van der Waals surface area contributed by atoms with Gasteiger partial charge in [0.05, 0.1) is 18.1 Å². The molecule has 1 aromatic heterocycles. The predicted octanol–water partition coefficient (Wildman–Crippen LogP) is 1.36. The van der Waals surface area contributed by atoms with E-state index in [4.69, 9.17) is 16.3 Å². The van der Waals surface area contributed by atoms with E-state index in [0.29, 0.717) is 30.6 Å². The fourth-order valence-corrected chi connectivity index (χ4v) is 3.83. The molecular formula is C16H20ClN5O3S. The van der Waals surface area contributed by atoms with Gasteiger partial charge in [0.25, 0.3) is 0 Å². The van der Waals surface area contributed by atoms with Gasteiger partial charge in [-0.05, 0) is 18.2 Å². The van der Waals surface area contributed by atoms with Gasteiger partial charge in [-0.2, -0.15) is 0 Å². The molecule has 2 aromatic rings. The number of anilines is 2. The lowest BCUT2D eigenvalue weighted by Gasteiger charge is -2.27. The molecule has 0 atom stereocenters. The maximum Gasteiger partial charge on any atom is 0.240 e. The van der Waals surface area contributed by atoms with Crippen LogP contribution in [-0.4, -0.2) is 57.8 Å². The lowest BCUT2D eigenvalue weighted by molar-refractivity contribution is 0.122. The van der Waals surface area contributed by atoms with Crippen LogP contribution < -0.4 is 14.9 Å². The monoisotopic (exact) mass is 397 g/mol. The molecule has 0 aliphatic carbocycles. The average molecular weight is 398 g/mol. The Balaban J connectivity index is 1.52. The summed E-state index contributed by atoms with van der Waals surface area (Å²) < 4.78 is 32.3. The summed E-state index contributed by atoms with van der Waals surface area (Å²) >= 11 is 5.84. The first-order chi connectivity index (χ1) is 12.5. The lowest BCUT2D eigenvalue weighted by atomic mass is 10.4. The van der Waals surface area contributed by atoms with Crippen molar-refractivity contribution < 1.29 is 13.2 Å². The van der Waals surface area contributed by atoms with Crippen molar-refractivity contribution in [3.05, 3.63) is 41.7 Å². The molecule has 1 aliphatic rings. The topological polar surface area (TPSA) is 96.5 Å². The van der Waals surface area contributed by atoms with E-state index in [1.807, 2.05) is 6.07 Å². The second-order valence-electron chi connectivity index (χ2n) is 5.64. The summed E-state index contributed by atoms with van der Waals surface area (Å²) in [6.45, 7) is 3.53. The molecule has 140 valence electrons. The molecule has 0 unspecified atom stereocenters. The fraction of sp³-hybridized carbons (Fsp3) is 0.375. The summed E-state index contributed by atoms with van der Waals surface area (Å²) in [5.41, 5.74) is 0. The number of ether oxygens (including phenoxy) is 1. The fourth-order valence-electron chi connectivity index (χ4n) is 2.50. The van der Waals surface area contributed by atoms with Gasteiger partial charge in [-0.25, -0.2) is 23.1 Å². The molecule has 1 saturated heterocycles. The van der Waals surface area contributed by atoms with E-state index >= 15 is 0 Å². The van der Waals surface area contributed by atoms with Crippen LogP contribution in [0.1, 0.15) is 0 Å². The van der Waals surface area contributed by atoms with Gasteiger partial charge < -0.3 is 15.0 Å². The summed E-state index contributed by atoms with van der Waals surface area (Å²) in [7, 11) is -3.59. The molecule has 0 spiro atoms. The zero-order chi connectivity index (χ0) is 18.4. The SMILES string of the molecule is O=S(=O)(NCCNc1cc(N2CCOCC2)ncn1)c1cccc(Cl)c1. The first-order valence-electron chi connectivity index (χ1n) is 8.18. The Morgan fingerprint density at radius 1 is 1.15 bits per heavy atom. The summed E-state index contributed by atoms with van der Waals surface area (Å²) in [6, 6.07) is 7.99. The average Bonchev–Trinajstić information content (AvgIpc) is 2.66. The Hall–Kier alpha value is -1.94. The van der Waals surface area contributed by atoms with Crippen LogP contribution in [0, 0.1) is 0 Å².